The highest BCUT2D eigenvalue weighted by Crippen LogP contribution is 2.46. The fraction of sp³-hybridized carbons (Fsp3) is 0.308. The molecule has 0 fully saturated rings. The van der Waals surface area contributed by atoms with Gasteiger partial charge in [0, 0.05) is 47.7 Å². The van der Waals surface area contributed by atoms with Crippen molar-refractivity contribution in [1.82, 2.24) is 0 Å². The van der Waals surface area contributed by atoms with Gasteiger partial charge in [0.25, 0.3) is 0 Å². The van der Waals surface area contributed by atoms with Crippen LogP contribution >= 0.6 is 0 Å². The van der Waals surface area contributed by atoms with Gasteiger partial charge in [-0.05, 0) is 18.6 Å². The smallest absolute Gasteiger partial charge is 0.331 e. The Labute approximate surface area is 218 Å². The summed E-state index contributed by atoms with van der Waals surface area (Å²) < 4.78 is 5.30. The first-order valence-electron chi connectivity index (χ1n) is 11.1. The molecule has 0 saturated carbocycles. The van der Waals surface area contributed by atoms with Crippen LogP contribution in [0.2, 0.25) is 0 Å². The number of carbonyl (C=O) groups is 4. The second-order valence-electron chi connectivity index (χ2n) is 7.84. The molecule has 38 heavy (non-hydrogen) atoms. The Bertz CT molecular complexity index is 960. The molecule has 0 amide bonds. The summed E-state index contributed by atoms with van der Waals surface area (Å²) in [7, 11) is 0. The Morgan fingerprint density at radius 3 is 1.58 bits per heavy atom. The minimum atomic E-state index is -1.78. The largest absolute Gasteiger partial charge is 0.493 e. The molecule has 0 aliphatic carbocycles. The van der Waals surface area contributed by atoms with Gasteiger partial charge in [0.1, 0.15) is 5.75 Å². The topological polar surface area (TPSA) is 219 Å². The zero-order chi connectivity index (χ0) is 29.2. The standard InChI is InChI=1S/C15H20O9.C11H12O3/c16-8-7-15(9-17,10-18)14(4-1-11(19)20,5-2-12(21)22)6-3-13(23)24;1-9(11(12)13)7-8-14-10-5-3-2-4-6-10/h1-6,16-18H,7-10H2,(H,19,20)(H,21,22)(H,23,24);2-6H,1,7-8H2,(H,12,13). The van der Waals surface area contributed by atoms with Crippen LogP contribution in [0.1, 0.15) is 12.8 Å². The van der Waals surface area contributed by atoms with Crippen molar-refractivity contribution in [3.63, 3.8) is 0 Å². The molecule has 1 aromatic rings. The van der Waals surface area contributed by atoms with Crippen molar-refractivity contribution in [2.45, 2.75) is 12.8 Å². The average molecular weight is 537 g/mol. The Morgan fingerprint density at radius 2 is 1.24 bits per heavy atom. The van der Waals surface area contributed by atoms with Gasteiger partial charge in [0.05, 0.1) is 19.8 Å². The van der Waals surface area contributed by atoms with E-state index in [-0.39, 0.29) is 12.0 Å². The third-order valence-corrected chi connectivity index (χ3v) is 5.34. The lowest BCUT2D eigenvalue weighted by atomic mass is 9.61. The SMILES string of the molecule is C=C(CCOc1ccccc1)C(=O)O.O=C(O)C=CC(C=CC(=O)O)(C=CC(=O)O)C(CO)(CO)CCO. The van der Waals surface area contributed by atoms with E-state index in [1.807, 2.05) is 30.3 Å². The van der Waals surface area contributed by atoms with Gasteiger partial charge >= 0.3 is 23.9 Å². The Morgan fingerprint density at radius 1 is 0.789 bits per heavy atom. The van der Waals surface area contributed by atoms with Gasteiger partial charge in [0.2, 0.25) is 0 Å². The molecule has 0 atom stereocenters. The summed E-state index contributed by atoms with van der Waals surface area (Å²) in [5.41, 5.74) is -3.25. The predicted octanol–water partition coefficient (Wildman–Crippen LogP) is 1.34. The Hall–Kier alpha value is -4.26. The van der Waals surface area contributed by atoms with Crippen LogP contribution in [0.4, 0.5) is 0 Å². The van der Waals surface area contributed by atoms with Gasteiger partial charge in [-0.1, -0.05) is 43.0 Å². The summed E-state index contributed by atoms with van der Waals surface area (Å²) in [5.74, 6) is -4.44. The van der Waals surface area contributed by atoms with Crippen LogP contribution in [-0.2, 0) is 19.2 Å². The monoisotopic (exact) mass is 536 g/mol. The molecule has 12 nitrogen and oxygen atoms in total. The third-order valence-electron chi connectivity index (χ3n) is 5.34. The number of aliphatic carboxylic acids is 4. The molecular formula is C26H32O12. The zero-order valence-corrected chi connectivity index (χ0v) is 20.5. The molecule has 1 rings (SSSR count). The maximum atomic E-state index is 10.8. The van der Waals surface area contributed by atoms with Crippen molar-refractivity contribution in [2.24, 2.45) is 10.8 Å². The van der Waals surface area contributed by atoms with E-state index >= 15 is 0 Å². The lowest BCUT2D eigenvalue weighted by molar-refractivity contribution is -0.133. The number of carboxylic acids is 4. The van der Waals surface area contributed by atoms with Crippen molar-refractivity contribution >= 4 is 23.9 Å². The fourth-order valence-electron chi connectivity index (χ4n) is 3.15. The van der Waals surface area contributed by atoms with Crippen LogP contribution < -0.4 is 4.74 Å². The summed E-state index contributed by atoms with van der Waals surface area (Å²) in [4.78, 5) is 42.9. The summed E-state index contributed by atoms with van der Waals surface area (Å²) >= 11 is 0. The van der Waals surface area contributed by atoms with E-state index in [0.29, 0.717) is 31.3 Å². The number of benzene rings is 1. The maximum absolute atomic E-state index is 10.8. The molecule has 0 aromatic heterocycles. The molecule has 12 heteroatoms. The minimum absolute atomic E-state index is 0.168. The number of hydrogen-bond acceptors (Lipinski definition) is 8. The van der Waals surface area contributed by atoms with Gasteiger partial charge in [-0.15, -0.1) is 0 Å². The third kappa shape index (κ3) is 11.6. The highest BCUT2D eigenvalue weighted by Gasteiger charge is 2.46. The van der Waals surface area contributed by atoms with E-state index in [9.17, 15) is 34.5 Å². The molecule has 0 unspecified atom stereocenters. The van der Waals surface area contributed by atoms with E-state index in [4.69, 9.17) is 25.2 Å². The van der Waals surface area contributed by atoms with Crippen LogP contribution in [0.3, 0.4) is 0 Å². The van der Waals surface area contributed by atoms with Crippen LogP contribution in [0.5, 0.6) is 5.75 Å². The Balaban J connectivity index is 0.000000824. The number of hydrogen-bond donors (Lipinski definition) is 7. The van der Waals surface area contributed by atoms with E-state index in [1.165, 1.54) is 0 Å². The molecular weight excluding hydrogens is 504 g/mol. The number of allylic oxidation sites excluding steroid dienone is 3. The second kappa shape index (κ2) is 17.2. The molecule has 0 aliphatic heterocycles. The second-order valence-corrected chi connectivity index (χ2v) is 7.84. The minimum Gasteiger partial charge on any atom is -0.493 e. The first kappa shape index (κ1) is 33.7. The number of rotatable bonds is 16. The molecule has 0 aliphatic rings. The van der Waals surface area contributed by atoms with Crippen molar-refractivity contribution < 1.29 is 59.7 Å². The van der Waals surface area contributed by atoms with E-state index in [0.717, 1.165) is 24.0 Å². The van der Waals surface area contributed by atoms with Crippen molar-refractivity contribution in [2.75, 3.05) is 26.4 Å². The highest BCUT2D eigenvalue weighted by atomic mass is 16.5. The molecule has 0 saturated heterocycles. The van der Waals surface area contributed by atoms with Gasteiger partial charge in [0.15, 0.2) is 0 Å². The normalized spacial score (nSPS) is 13.0. The van der Waals surface area contributed by atoms with E-state index in [2.05, 4.69) is 6.58 Å². The van der Waals surface area contributed by atoms with Crippen LogP contribution in [-0.4, -0.2) is 86.1 Å². The van der Waals surface area contributed by atoms with Gasteiger partial charge in [-0.25, -0.2) is 19.2 Å². The van der Waals surface area contributed by atoms with Gasteiger partial charge in [-0.2, -0.15) is 0 Å². The maximum Gasteiger partial charge on any atom is 0.331 e. The molecule has 0 heterocycles. The number of para-hydroxylation sites is 1. The van der Waals surface area contributed by atoms with Crippen LogP contribution in [0.15, 0.2) is 78.9 Å². The Kier molecular flexibility index (Phi) is 15.3. The molecule has 0 spiro atoms. The highest BCUT2D eigenvalue weighted by molar-refractivity contribution is 5.85. The van der Waals surface area contributed by atoms with Crippen molar-refractivity contribution in [3.8, 4) is 5.75 Å². The van der Waals surface area contributed by atoms with Gasteiger partial charge < -0.3 is 40.5 Å². The number of aliphatic hydroxyl groups is 3. The van der Waals surface area contributed by atoms with Crippen LogP contribution in [0, 0.1) is 10.8 Å². The number of carboxylic acid groups (broad SMARTS) is 4. The lowest BCUT2D eigenvalue weighted by Crippen LogP contribution is -2.45. The van der Waals surface area contributed by atoms with Crippen LogP contribution in [0.25, 0.3) is 0 Å². The fourth-order valence-corrected chi connectivity index (χ4v) is 3.15. The van der Waals surface area contributed by atoms with E-state index in [1.54, 1.807) is 0 Å². The summed E-state index contributed by atoms with van der Waals surface area (Å²) in [6.07, 6.45) is 4.85. The number of aliphatic hydroxyl groups excluding tert-OH is 3. The summed E-state index contributed by atoms with van der Waals surface area (Å²) in [6, 6.07) is 9.26. The predicted molar refractivity (Wildman–Crippen MR) is 134 cm³/mol. The quantitative estimate of drug-likeness (QED) is 0.149. The van der Waals surface area contributed by atoms with Crippen molar-refractivity contribution in [1.29, 1.82) is 0 Å². The first-order valence-corrected chi connectivity index (χ1v) is 11.1. The molecule has 0 radical (unpaired) electrons. The molecule has 7 N–H and O–H groups in total. The first-order chi connectivity index (χ1) is 17.9. The molecule has 208 valence electrons. The molecule has 0 bridgehead atoms. The summed E-state index contributed by atoms with van der Waals surface area (Å²) in [6.45, 7) is 1.67. The lowest BCUT2D eigenvalue weighted by Gasteiger charge is -2.43. The van der Waals surface area contributed by atoms with Gasteiger partial charge in [-0.3, -0.25) is 0 Å². The number of ether oxygens (including phenoxy) is 1. The van der Waals surface area contributed by atoms with Crippen molar-refractivity contribution in [3.05, 3.63) is 78.9 Å². The zero-order valence-electron chi connectivity index (χ0n) is 20.5. The van der Waals surface area contributed by atoms with E-state index < -0.39 is 54.5 Å². The average Bonchev–Trinajstić information content (AvgIpc) is 2.88. The summed E-state index contributed by atoms with van der Waals surface area (Å²) in [5, 5.41) is 63.7. The molecule has 1 aromatic carbocycles.